The first-order chi connectivity index (χ1) is 10.2. The maximum absolute atomic E-state index is 12.5. The minimum Gasteiger partial charge on any atom is -0.325 e. The molecule has 1 aliphatic rings. The maximum atomic E-state index is 12.5. The third-order valence-corrected chi connectivity index (χ3v) is 3.69. The number of carbonyl (C=O) groups excluding carboxylic acids is 2. The second-order valence-electron chi connectivity index (χ2n) is 4.99. The molecule has 2 aromatic rings. The lowest BCUT2D eigenvalue weighted by atomic mass is 9.89. The van der Waals surface area contributed by atoms with Gasteiger partial charge in [-0.25, -0.2) is 0 Å². The number of hydrogen-bond donors (Lipinski definition) is 1. The summed E-state index contributed by atoms with van der Waals surface area (Å²) in [5.74, 6) is -0.684. The number of benzene rings is 1. The molecule has 0 radical (unpaired) electrons. The highest BCUT2D eigenvalue weighted by Crippen LogP contribution is 2.35. The summed E-state index contributed by atoms with van der Waals surface area (Å²) in [6, 6.07) is 11.0. The summed E-state index contributed by atoms with van der Waals surface area (Å²) in [7, 11) is 1.73. The highest BCUT2D eigenvalue weighted by molar-refractivity contribution is 6.05. The lowest BCUT2D eigenvalue weighted by Crippen LogP contribution is -2.37. The molecule has 2 heterocycles. The van der Waals surface area contributed by atoms with Crippen LogP contribution in [0.1, 0.15) is 17.9 Å². The van der Waals surface area contributed by atoms with Crippen LogP contribution in [0.4, 0.5) is 11.4 Å². The second kappa shape index (κ2) is 5.36. The van der Waals surface area contributed by atoms with Gasteiger partial charge in [0, 0.05) is 37.2 Å². The van der Waals surface area contributed by atoms with Gasteiger partial charge in [0.25, 0.3) is 0 Å². The zero-order valence-corrected chi connectivity index (χ0v) is 11.6. The molecule has 0 saturated heterocycles. The first-order valence-corrected chi connectivity index (χ1v) is 6.73. The molecule has 21 heavy (non-hydrogen) atoms. The predicted molar refractivity (Wildman–Crippen MR) is 80.1 cm³/mol. The molecule has 1 aromatic heterocycles. The Morgan fingerprint density at radius 3 is 2.71 bits per heavy atom. The average Bonchev–Trinajstić information content (AvgIpc) is 2.52. The summed E-state index contributed by atoms with van der Waals surface area (Å²) in [5.41, 5.74) is 2.36. The molecule has 1 atom stereocenters. The van der Waals surface area contributed by atoms with Crippen molar-refractivity contribution in [3.63, 3.8) is 0 Å². The van der Waals surface area contributed by atoms with Crippen molar-refractivity contribution >= 4 is 23.2 Å². The van der Waals surface area contributed by atoms with Crippen LogP contribution in [0.15, 0.2) is 48.8 Å². The molecule has 0 aliphatic carbocycles. The van der Waals surface area contributed by atoms with Crippen LogP contribution >= 0.6 is 0 Å². The summed E-state index contributed by atoms with van der Waals surface area (Å²) in [5, 5.41) is 2.84. The fraction of sp³-hybridized carbons (Fsp3) is 0.188. The number of anilines is 2. The van der Waals surface area contributed by atoms with Gasteiger partial charge in [-0.05, 0) is 23.8 Å². The van der Waals surface area contributed by atoms with E-state index in [4.69, 9.17) is 0 Å². The highest BCUT2D eigenvalue weighted by Gasteiger charge is 2.33. The van der Waals surface area contributed by atoms with Gasteiger partial charge in [-0.3, -0.25) is 14.6 Å². The van der Waals surface area contributed by atoms with Crippen molar-refractivity contribution in [3.05, 3.63) is 54.4 Å². The topological polar surface area (TPSA) is 62.3 Å². The van der Waals surface area contributed by atoms with Gasteiger partial charge in [0.15, 0.2) is 0 Å². The number of aromatic nitrogens is 1. The van der Waals surface area contributed by atoms with Gasteiger partial charge in [-0.15, -0.1) is 0 Å². The predicted octanol–water partition coefficient (Wildman–Crippen LogP) is 2.17. The molecule has 5 nitrogen and oxygen atoms in total. The Balaban J connectivity index is 1.90. The minimum absolute atomic E-state index is 0.0522. The van der Waals surface area contributed by atoms with E-state index in [1.165, 1.54) is 0 Å². The number of para-hydroxylation sites is 1. The van der Waals surface area contributed by atoms with Crippen LogP contribution in [0.3, 0.4) is 0 Å². The molecular formula is C16H15N3O2. The summed E-state index contributed by atoms with van der Waals surface area (Å²) >= 11 is 0. The van der Waals surface area contributed by atoms with Gasteiger partial charge in [0.1, 0.15) is 0 Å². The Hall–Kier alpha value is -2.69. The van der Waals surface area contributed by atoms with Crippen LogP contribution in [-0.4, -0.2) is 23.8 Å². The zero-order valence-electron chi connectivity index (χ0n) is 11.6. The molecular weight excluding hydrogens is 266 g/mol. The third kappa shape index (κ3) is 2.50. The number of amides is 2. The van der Waals surface area contributed by atoms with Crippen LogP contribution in [-0.2, 0) is 9.59 Å². The zero-order chi connectivity index (χ0) is 14.8. The quantitative estimate of drug-likeness (QED) is 0.917. The summed E-state index contributed by atoms with van der Waals surface area (Å²) < 4.78 is 0. The molecule has 0 saturated carbocycles. The van der Waals surface area contributed by atoms with E-state index in [2.05, 4.69) is 10.3 Å². The summed E-state index contributed by atoms with van der Waals surface area (Å²) in [6.45, 7) is 0. The van der Waals surface area contributed by atoms with Crippen molar-refractivity contribution in [3.8, 4) is 0 Å². The Bertz CT molecular complexity index is 685. The van der Waals surface area contributed by atoms with Crippen LogP contribution in [0.5, 0.6) is 0 Å². The largest absolute Gasteiger partial charge is 0.325 e. The Morgan fingerprint density at radius 1 is 1.24 bits per heavy atom. The molecule has 1 unspecified atom stereocenters. The number of rotatable bonds is 2. The molecule has 0 fully saturated rings. The minimum atomic E-state index is -0.460. The van der Waals surface area contributed by atoms with Crippen LogP contribution in [0.2, 0.25) is 0 Å². The van der Waals surface area contributed by atoms with E-state index in [1.54, 1.807) is 36.5 Å². The molecule has 3 rings (SSSR count). The number of carbonyl (C=O) groups is 2. The van der Waals surface area contributed by atoms with Gasteiger partial charge in [-0.2, -0.15) is 0 Å². The first kappa shape index (κ1) is 13.3. The molecule has 5 heteroatoms. The van der Waals surface area contributed by atoms with Crippen molar-refractivity contribution in [2.24, 2.45) is 0 Å². The average molecular weight is 281 g/mol. The van der Waals surface area contributed by atoms with E-state index in [-0.39, 0.29) is 18.2 Å². The van der Waals surface area contributed by atoms with Crippen LogP contribution in [0.25, 0.3) is 0 Å². The molecule has 1 aromatic carbocycles. The highest BCUT2D eigenvalue weighted by atomic mass is 16.2. The third-order valence-electron chi connectivity index (χ3n) is 3.69. The molecule has 0 bridgehead atoms. The second-order valence-corrected chi connectivity index (χ2v) is 4.99. The van der Waals surface area contributed by atoms with E-state index >= 15 is 0 Å². The maximum Gasteiger partial charge on any atom is 0.232 e. The number of fused-ring (bicyclic) bond motifs is 1. The van der Waals surface area contributed by atoms with Crippen molar-refractivity contribution < 1.29 is 9.59 Å². The van der Waals surface area contributed by atoms with Gasteiger partial charge >= 0.3 is 0 Å². The molecule has 1 aliphatic heterocycles. The summed E-state index contributed by atoms with van der Waals surface area (Å²) in [4.78, 5) is 30.1. The van der Waals surface area contributed by atoms with E-state index in [0.717, 1.165) is 11.3 Å². The SMILES string of the molecule is CN1C(=O)CC(C(=O)Nc2ccncc2)c2ccccc21. The number of pyridine rings is 1. The van der Waals surface area contributed by atoms with Gasteiger partial charge in [0.05, 0.1) is 5.92 Å². The normalized spacial score (nSPS) is 17.3. The van der Waals surface area contributed by atoms with Crippen molar-refractivity contribution in [2.75, 3.05) is 17.3 Å². The fourth-order valence-corrected chi connectivity index (χ4v) is 2.54. The van der Waals surface area contributed by atoms with Crippen molar-refractivity contribution in [1.82, 2.24) is 4.98 Å². The van der Waals surface area contributed by atoms with E-state index in [0.29, 0.717) is 5.69 Å². The smallest absolute Gasteiger partial charge is 0.232 e. The van der Waals surface area contributed by atoms with E-state index in [1.807, 2.05) is 24.3 Å². The number of nitrogens with one attached hydrogen (secondary N) is 1. The number of nitrogens with zero attached hydrogens (tertiary/aromatic N) is 2. The number of hydrogen-bond acceptors (Lipinski definition) is 3. The lowest BCUT2D eigenvalue weighted by molar-refractivity contribution is -0.124. The van der Waals surface area contributed by atoms with E-state index < -0.39 is 5.92 Å². The molecule has 106 valence electrons. The molecule has 1 N–H and O–H groups in total. The van der Waals surface area contributed by atoms with E-state index in [9.17, 15) is 9.59 Å². The van der Waals surface area contributed by atoms with Crippen LogP contribution < -0.4 is 10.2 Å². The fourth-order valence-electron chi connectivity index (χ4n) is 2.54. The van der Waals surface area contributed by atoms with Crippen LogP contribution in [0, 0.1) is 0 Å². The first-order valence-electron chi connectivity index (χ1n) is 6.73. The Kier molecular flexibility index (Phi) is 3.39. The monoisotopic (exact) mass is 281 g/mol. The van der Waals surface area contributed by atoms with Gasteiger partial charge in [0.2, 0.25) is 11.8 Å². The molecule has 2 amide bonds. The lowest BCUT2D eigenvalue weighted by Gasteiger charge is -2.30. The molecule has 0 spiro atoms. The Morgan fingerprint density at radius 2 is 1.95 bits per heavy atom. The van der Waals surface area contributed by atoms with Crippen molar-refractivity contribution in [1.29, 1.82) is 0 Å². The van der Waals surface area contributed by atoms with Gasteiger partial charge in [-0.1, -0.05) is 18.2 Å². The Labute approximate surface area is 122 Å². The standard InChI is InChI=1S/C16H15N3O2/c1-19-14-5-3-2-4-12(14)13(10-15(19)20)16(21)18-11-6-8-17-9-7-11/h2-9,13H,10H2,1H3,(H,17,18,21). The van der Waals surface area contributed by atoms with Crippen molar-refractivity contribution in [2.45, 2.75) is 12.3 Å². The summed E-state index contributed by atoms with van der Waals surface area (Å²) in [6.07, 6.45) is 3.41. The van der Waals surface area contributed by atoms with Gasteiger partial charge < -0.3 is 10.2 Å².